The Morgan fingerprint density at radius 1 is 1.40 bits per heavy atom. The first-order valence-corrected chi connectivity index (χ1v) is 7.81. The molecule has 2 rings (SSSR count). The summed E-state index contributed by atoms with van der Waals surface area (Å²) in [5.41, 5.74) is 7.60. The van der Waals surface area contributed by atoms with E-state index in [9.17, 15) is 13.2 Å². The number of fused-ring (bicyclic) bond motifs is 1. The van der Waals surface area contributed by atoms with Crippen molar-refractivity contribution in [1.29, 1.82) is 0 Å². The van der Waals surface area contributed by atoms with E-state index >= 15 is 0 Å². The fourth-order valence-corrected chi connectivity index (χ4v) is 2.54. The van der Waals surface area contributed by atoms with E-state index in [0.717, 1.165) is 22.7 Å². The highest BCUT2D eigenvalue weighted by molar-refractivity contribution is 7.86. The van der Waals surface area contributed by atoms with Crippen molar-refractivity contribution < 1.29 is 17.4 Å². The molecule has 0 aliphatic heterocycles. The molecule has 2 N–H and O–H groups in total. The Morgan fingerprint density at radius 3 is 2.70 bits per heavy atom. The summed E-state index contributed by atoms with van der Waals surface area (Å²) in [6, 6.07) is 6.68. The summed E-state index contributed by atoms with van der Waals surface area (Å²) in [6.07, 6.45) is 2.91. The van der Waals surface area contributed by atoms with Gasteiger partial charge in [-0.1, -0.05) is 18.2 Å². The van der Waals surface area contributed by atoms with E-state index in [1.54, 1.807) is 0 Å². The van der Waals surface area contributed by atoms with E-state index in [2.05, 4.69) is 4.18 Å². The topological polar surface area (TPSA) is 91.4 Å². The SMILES string of the molecule is Cn1cc(C[C@@H](N)C(=O)OS(C)(=O)=O)c2ccccc21. The van der Waals surface area contributed by atoms with Crippen LogP contribution in [0.1, 0.15) is 5.56 Å². The van der Waals surface area contributed by atoms with Gasteiger partial charge in [0.2, 0.25) is 0 Å². The minimum Gasteiger partial charge on any atom is -0.350 e. The van der Waals surface area contributed by atoms with Crippen molar-refractivity contribution in [3.63, 3.8) is 0 Å². The number of rotatable bonds is 4. The van der Waals surface area contributed by atoms with E-state index in [0.29, 0.717) is 0 Å². The minimum absolute atomic E-state index is 0.218. The molecule has 20 heavy (non-hydrogen) atoms. The molecule has 7 heteroatoms. The van der Waals surface area contributed by atoms with E-state index in [4.69, 9.17) is 5.73 Å². The highest BCUT2D eigenvalue weighted by Crippen LogP contribution is 2.21. The normalized spacial score (nSPS) is 13.3. The average Bonchev–Trinajstić information content (AvgIpc) is 2.65. The predicted molar refractivity (Wildman–Crippen MR) is 75.5 cm³/mol. The lowest BCUT2D eigenvalue weighted by Gasteiger charge is -2.09. The van der Waals surface area contributed by atoms with Crippen LogP contribution in [0.15, 0.2) is 30.5 Å². The summed E-state index contributed by atoms with van der Waals surface area (Å²) >= 11 is 0. The fourth-order valence-electron chi connectivity index (χ4n) is 2.12. The van der Waals surface area contributed by atoms with Gasteiger partial charge < -0.3 is 14.5 Å². The lowest BCUT2D eigenvalue weighted by Crippen LogP contribution is -2.35. The third-order valence-electron chi connectivity index (χ3n) is 2.96. The molecule has 0 saturated carbocycles. The molecule has 0 aliphatic rings. The smallest absolute Gasteiger partial charge is 0.339 e. The Labute approximate surface area is 117 Å². The van der Waals surface area contributed by atoms with E-state index in [1.165, 1.54) is 0 Å². The number of aromatic nitrogens is 1. The third kappa shape index (κ3) is 3.17. The Balaban J connectivity index is 2.22. The van der Waals surface area contributed by atoms with Crippen LogP contribution in [0.5, 0.6) is 0 Å². The first-order chi connectivity index (χ1) is 9.28. The monoisotopic (exact) mass is 296 g/mol. The standard InChI is InChI=1S/C13H16N2O4S/c1-15-8-9(10-5-3-4-6-12(10)15)7-11(14)13(16)19-20(2,17)18/h3-6,8,11H,7,14H2,1-2H3/t11-/m1/s1. The summed E-state index contributed by atoms with van der Waals surface area (Å²) < 4.78 is 28.0. The average molecular weight is 296 g/mol. The van der Waals surface area contributed by atoms with Crippen molar-refractivity contribution in [3.05, 3.63) is 36.0 Å². The summed E-state index contributed by atoms with van der Waals surface area (Å²) in [5, 5.41) is 0.984. The van der Waals surface area contributed by atoms with Crippen molar-refractivity contribution >= 4 is 27.0 Å². The van der Waals surface area contributed by atoms with E-state index in [-0.39, 0.29) is 6.42 Å². The molecule has 1 heterocycles. The fraction of sp³-hybridized carbons (Fsp3) is 0.308. The summed E-state index contributed by atoms with van der Waals surface area (Å²) in [6.45, 7) is 0. The van der Waals surface area contributed by atoms with Crippen LogP contribution >= 0.6 is 0 Å². The molecule has 0 aliphatic carbocycles. The summed E-state index contributed by atoms with van der Waals surface area (Å²) in [4.78, 5) is 11.6. The number of hydrogen-bond donors (Lipinski definition) is 1. The number of nitrogens with two attached hydrogens (primary N) is 1. The molecule has 0 saturated heterocycles. The van der Waals surface area contributed by atoms with Crippen molar-refractivity contribution in [3.8, 4) is 0 Å². The Morgan fingerprint density at radius 2 is 2.05 bits per heavy atom. The molecule has 0 fully saturated rings. The number of hydrogen-bond acceptors (Lipinski definition) is 5. The van der Waals surface area contributed by atoms with E-state index in [1.807, 2.05) is 42.1 Å². The molecule has 1 aromatic heterocycles. The van der Waals surface area contributed by atoms with Crippen molar-refractivity contribution in [2.45, 2.75) is 12.5 Å². The predicted octanol–water partition coefficient (Wildman–Crippen LogP) is 0.551. The zero-order chi connectivity index (χ0) is 14.9. The quantitative estimate of drug-likeness (QED) is 0.832. The van der Waals surface area contributed by atoms with Crippen LogP contribution in [-0.2, 0) is 32.6 Å². The number of carbonyl (C=O) groups excluding carboxylic acids is 1. The van der Waals surface area contributed by atoms with Crippen LogP contribution in [0.25, 0.3) is 10.9 Å². The molecule has 0 bridgehead atoms. The van der Waals surface area contributed by atoms with Gasteiger partial charge in [-0.25, -0.2) is 4.79 Å². The molecule has 1 aromatic carbocycles. The van der Waals surface area contributed by atoms with Crippen LogP contribution in [0.3, 0.4) is 0 Å². The first kappa shape index (κ1) is 14.5. The van der Waals surface area contributed by atoms with Crippen LogP contribution < -0.4 is 5.73 Å². The molecular formula is C13H16N2O4S. The van der Waals surface area contributed by atoms with Gasteiger partial charge >= 0.3 is 16.1 Å². The largest absolute Gasteiger partial charge is 0.350 e. The number of benzene rings is 1. The van der Waals surface area contributed by atoms with Crippen molar-refractivity contribution in [2.75, 3.05) is 6.26 Å². The van der Waals surface area contributed by atoms with Gasteiger partial charge in [0.05, 0.1) is 6.26 Å². The number of aryl methyl sites for hydroxylation is 1. The van der Waals surface area contributed by atoms with Crippen LogP contribution in [0.4, 0.5) is 0 Å². The molecule has 6 nitrogen and oxygen atoms in total. The molecule has 1 atom stereocenters. The van der Waals surface area contributed by atoms with Gasteiger partial charge in [-0.15, -0.1) is 0 Å². The van der Waals surface area contributed by atoms with Gasteiger partial charge in [-0.05, 0) is 11.6 Å². The van der Waals surface area contributed by atoms with Crippen LogP contribution in [0.2, 0.25) is 0 Å². The van der Waals surface area contributed by atoms with Crippen LogP contribution in [0, 0.1) is 0 Å². The second kappa shape index (κ2) is 5.26. The van der Waals surface area contributed by atoms with Gasteiger partial charge in [-0.2, -0.15) is 8.42 Å². The molecular weight excluding hydrogens is 280 g/mol. The summed E-state index contributed by atoms with van der Waals surface area (Å²) in [7, 11) is -1.94. The van der Waals surface area contributed by atoms with Gasteiger partial charge in [0, 0.05) is 30.6 Å². The lowest BCUT2D eigenvalue weighted by molar-refractivity contribution is -0.135. The lowest BCUT2D eigenvalue weighted by atomic mass is 10.1. The highest BCUT2D eigenvalue weighted by Gasteiger charge is 2.21. The molecule has 0 radical (unpaired) electrons. The van der Waals surface area contributed by atoms with Crippen LogP contribution in [-0.4, -0.2) is 31.3 Å². The first-order valence-electron chi connectivity index (χ1n) is 6.00. The molecule has 0 unspecified atom stereocenters. The second-order valence-corrected chi connectivity index (χ2v) is 6.27. The maximum absolute atomic E-state index is 11.6. The second-order valence-electron chi connectivity index (χ2n) is 4.70. The molecule has 2 aromatic rings. The number of para-hydroxylation sites is 1. The zero-order valence-electron chi connectivity index (χ0n) is 11.2. The van der Waals surface area contributed by atoms with Crippen molar-refractivity contribution in [2.24, 2.45) is 12.8 Å². The van der Waals surface area contributed by atoms with Gasteiger partial charge in [0.1, 0.15) is 6.04 Å². The zero-order valence-corrected chi connectivity index (χ0v) is 12.1. The third-order valence-corrected chi connectivity index (χ3v) is 3.42. The maximum Gasteiger partial charge on any atom is 0.339 e. The van der Waals surface area contributed by atoms with Gasteiger partial charge in [0.25, 0.3) is 0 Å². The maximum atomic E-state index is 11.6. The molecule has 0 spiro atoms. The molecule has 0 amide bonds. The van der Waals surface area contributed by atoms with Crippen molar-refractivity contribution in [1.82, 2.24) is 4.57 Å². The van der Waals surface area contributed by atoms with Gasteiger partial charge in [0.15, 0.2) is 0 Å². The highest BCUT2D eigenvalue weighted by atomic mass is 32.2. The number of carbonyl (C=O) groups is 1. The molecule has 108 valence electrons. The minimum atomic E-state index is -3.83. The van der Waals surface area contributed by atoms with Gasteiger partial charge in [-0.3, -0.25) is 0 Å². The Bertz CT molecular complexity index is 749. The Hall–Kier alpha value is -1.86. The Kier molecular flexibility index (Phi) is 3.82. The summed E-state index contributed by atoms with van der Waals surface area (Å²) in [5.74, 6) is -0.944. The number of nitrogens with zero attached hydrogens (tertiary/aromatic N) is 1. The van der Waals surface area contributed by atoms with E-state index < -0.39 is 22.1 Å².